The van der Waals surface area contributed by atoms with Crippen LogP contribution in [0, 0.1) is 5.82 Å². The van der Waals surface area contributed by atoms with E-state index in [1.54, 1.807) is 13.0 Å². The third-order valence-electron chi connectivity index (χ3n) is 2.96. The van der Waals surface area contributed by atoms with Crippen LogP contribution < -0.4 is 4.90 Å². The molecule has 1 unspecified atom stereocenters. The molecule has 1 aromatic carbocycles. The molecule has 0 heterocycles. The lowest BCUT2D eigenvalue weighted by Crippen LogP contribution is -2.21. The van der Waals surface area contributed by atoms with Crippen molar-refractivity contribution in [3.05, 3.63) is 29.6 Å². The molecule has 0 aromatic heterocycles. The fraction of sp³-hybridized carbons (Fsp3) is 0.571. The molecule has 96 valence electrons. The van der Waals surface area contributed by atoms with Crippen LogP contribution in [0.1, 0.15) is 44.8 Å². The topological polar surface area (TPSA) is 23.5 Å². The second-order valence-corrected chi connectivity index (χ2v) is 4.48. The molecular weight excluding hydrogens is 217 g/mol. The second kappa shape index (κ2) is 6.60. The zero-order valence-corrected chi connectivity index (χ0v) is 10.9. The van der Waals surface area contributed by atoms with Crippen molar-refractivity contribution in [3.63, 3.8) is 0 Å². The monoisotopic (exact) mass is 239 g/mol. The predicted octanol–water partition coefficient (Wildman–Crippen LogP) is 3.51. The van der Waals surface area contributed by atoms with Crippen molar-refractivity contribution >= 4 is 5.69 Å². The number of halogens is 1. The maximum Gasteiger partial charge on any atom is 0.131 e. The molecule has 0 aliphatic carbocycles. The number of aliphatic hydroxyl groups excluding tert-OH is 1. The van der Waals surface area contributed by atoms with Gasteiger partial charge in [0.05, 0.1) is 6.10 Å². The van der Waals surface area contributed by atoms with Gasteiger partial charge in [0, 0.05) is 24.8 Å². The molecule has 1 N–H and O–H groups in total. The van der Waals surface area contributed by atoms with Crippen LogP contribution in [0.3, 0.4) is 0 Å². The van der Waals surface area contributed by atoms with Crippen LogP contribution in [-0.4, -0.2) is 18.7 Å². The maximum absolute atomic E-state index is 13.7. The van der Waals surface area contributed by atoms with Crippen molar-refractivity contribution in [2.45, 2.75) is 39.2 Å². The molecule has 3 heteroatoms. The number of aliphatic hydroxyl groups is 1. The number of benzene rings is 1. The highest BCUT2D eigenvalue weighted by Gasteiger charge is 2.15. The highest BCUT2D eigenvalue weighted by atomic mass is 19.1. The number of unbranched alkanes of at least 4 members (excludes halogenated alkanes) is 2. The van der Waals surface area contributed by atoms with E-state index in [4.69, 9.17) is 0 Å². The van der Waals surface area contributed by atoms with Crippen LogP contribution in [0.25, 0.3) is 0 Å². The van der Waals surface area contributed by atoms with Crippen LogP contribution in [0.5, 0.6) is 0 Å². The molecule has 0 spiro atoms. The third-order valence-corrected chi connectivity index (χ3v) is 2.96. The summed E-state index contributed by atoms with van der Waals surface area (Å²) in [5.41, 5.74) is 1.18. The number of anilines is 1. The molecule has 0 radical (unpaired) electrons. The van der Waals surface area contributed by atoms with E-state index >= 15 is 0 Å². The Morgan fingerprint density at radius 2 is 2.06 bits per heavy atom. The quantitative estimate of drug-likeness (QED) is 0.768. The van der Waals surface area contributed by atoms with Crippen LogP contribution >= 0.6 is 0 Å². The van der Waals surface area contributed by atoms with E-state index in [2.05, 4.69) is 6.92 Å². The van der Waals surface area contributed by atoms with E-state index in [0.717, 1.165) is 18.7 Å². The summed E-state index contributed by atoms with van der Waals surface area (Å²) in [6.45, 7) is 4.64. The normalized spacial score (nSPS) is 12.5. The Morgan fingerprint density at radius 3 is 2.65 bits per heavy atom. The van der Waals surface area contributed by atoms with Gasteiger partial charge in [0.15, 0.2) is 0 Å². The number of hydrogen-bond donors (Lipinski definition) is 1. The summed E-state index contributed by atoms with van der Waals surface area (Å²) >= 11 is 0. The molecule has 1 atom stereocenters. The summed E-state index contributed by atoms with van der Waals surface area (Å²) in [7, 11) is 1.94. The largest absolute Gasteiger partial charge is 0.389 e. The van der Waals surface area contributed by atoms with Crippen molar-refractivity contribution in [2.75, 3.05) is 18.5 Å². The minimum absolute atomic E-state index is 0.333. The van der Waals surface area contributed by atoms with Crippen LogP contribution in [-0.2, 0) is 0 Å². The van der Waals surface area contributed by atoms with Gasteiger partial charge in [-0.15, -0.1) is 0 Å². The number of hydrogen-bond acceptors (Lipinski definition) is 2. The van der Waals surface area contributed by atoms with E-state index in [0.29, 0.717) is 5.56 Å². The first kappa shape index (κ1) is 14.0. The van der Waals surface area contributed by atoms with Crippen LogP contribution in [0.15, 0.2) is 18.2 Å². The van der Waals surface area contributed by atoms with Crippen LogP contribution in [0.2, 0.25) is 0 Å². The van der Waals surface area contributed by atoms with Crippen molar-refractivity contribution < 1.29 is 9.50 Å². The fourth-order valence-electron chi connectivity index (χ4n) is 1.99. The van der Waals surface area contributed by atoms with Crippen molar-refractivity contribution in [1.82, 2.24) is 0 Å². The third kappa shape index (κ3) is 3.70. The molecule has 0 saturated heterocycles. The van der Waals surface area contributed by atoms with Gasteiger partial charge in [-0.3, -0.25) is 0 Å². The fourth-order valence-corrected chi connectivity index (χ4v) is 1.99. The van der Waals surface area contributed by atoms with Crippen molar-refractivity contribution in [3.8, 4) is 0 Å². The Morgan fingerprint density at radius 1 is 1.35 bits per heavy atom. The minimum Gasteiger partial charge on any atom is -0.389 e. The first-order chi connectivity index (χ1) is 8.07. The van der Waals surface area contributed by atoms with E-state index in [-0.39, 0.29) is 5.82 Å². The molecular formula is C14H22FNO. The molecule has 0 saturated carbocycles. The maximum atomic E-state index is 13.7. The average molecular weight is 239 g/mol. The van der Waals surface area contributed by atoms with E-state index in [1.165, 1.54) is 18.9 Å². The Bertz CT molecular complexity index is 352. The highest BCUT2D eigenvalue weighted by molar-refractivity contribution is 5.54. The number of nitrogens with zero attached hydrogens (tertiary/aromatic N) is 1. The molecule has 0 aliphatic heterocycles. The van der Waals surface area contributed by atoms with Gasteiger partial charge in [0.25, 0.3) is 0 Å². The zero-order valence-electron chi connectivity index (χ0n) is 10.9. The van der Waals surface area contributed by atoms with Gasteiger partial charge >= 0.3 is 0 Å². The highest BCUT2D eigenvalue weighted by Crippen LogP contribution is 2.28. The smallest absolute Gasteiger partial charge is 0.131 e. The summed E-state index contributed by atoms with van der Waals surface area (Å²) in [4.78, 5) is 2.01. The van der Waals surface area contributed by atoms with E-state index in [1.807, 2.05) is 18.0 Å². The Kier molecular flexibility index (Phi) is 5.42. The Balaban J connectivity index is 2.85. The number of rotatable bonds is 6. The molecule has 17 heavy (non-hydrogen) atoms. The van der Waals surface area contributed by atoms with Crippen LogP contribution in [0.4, 0.5) is 10.1 Å². The predicted molar refractivity (Wildman–Crippen MR) is 69.8 cm³/mol. The molecule has 0 aliphatic rings. The van der Waals surface area contributed by atoms with E-state index < -0.39 is 6.10 Å². The van der Waals surface area contributed by atoms with Crippen molar-refractivity contribution in [1.29, 1.82) is 0 Å². The minimum atomic E-state index is -0.778. The molecule has 1 aromatic rings. The van der Waals surface area contributed by atoms with Crippen molar-refractivity contribution in [2.24, 2.45) is 0 Å². The first-order valence-corrected chi connectivity index (χ1v) is 6.25. The summed E-state index contributed by atoms with van der Waals surface area (Å²) in [5, 5.41) is 9.64. The average Bonchev–Trinajstić information content (AvgIpc) is 2.28. The SMILES string of the molecule is CCCCCN(C)c1cccc(F)c1C(C)O. The van der Waals surface area contributed by atoms with Gasteiger partial charge in [0.2, 0.25) is 0 Å². The van der Waals surface area contributed by atoms with Gasteiger partial charge < -0.3 is 10.0 Å². The second-order valence-electron chi connectivity index (χ2n) is 4.48. The van der Waals surface area contributed by atoms with Gasteiger partial charge in [-0.1, -0.05) is 25.8 Å². The zero-order chi connectivity index (χ0) is 12.8. The Labute approximate surface area is 103 Å². The molecule has 0 amide bonds. The first-order valence-electron chi connectivity index (χ1n) is 6.25. The van der Waals surface area contributed by atoms with Gasteiger partial charge in [-0.05, 0) is 25.5 Å². The van der Waals surface area contributed by atoms with Gasteiger partial charge in [-0.2, -0.15) is 0 Å². The van der Waals surface area contributed by atoms with Gasteiger partial charge in [0.1, 0.15) is 5.82 Å². The lowest BCUT2D eigenvalue weighted by Gasteiger charge is -2.24. The lowest BCUT2D eigenvalue weighted by atomic mass is 10.1. The molecule has 0 fully saturated rings. The Hall–Kier alpha value is -1.09. The lowest BCUT2D eigenvalue weighted by molar-refractivity contribution is 0.194. The molecule has 1 rings (SSSR count). The van der Waals surface area contributed by atoms with Gasteiger partial charge in [-0.25, -0.2) is 4.39 Å². The standard InChI is InChI=1S/C14H22FNO/c1-4-5-6-10-16(3)13-9-7-8-12(15)14(13)11(2)17/h7-9,11,17H,4-6,10H2,1-3H3. The summed E-state index contributed by atoms with van der Waals surface area (Å²) in [6.07, 6.45) is 2.65. The summed E-state index contributed by atoms with van der Waals surface area (Å²) < 4.78 is 13.7. The molecule has 0 bridgehead atoms. The van der Waals surface area contributed by atoms with E-state index in [9.17, 15) is 9.50 Å². The summed E-state index contributed by atoms with van der Waals surface area (Å²) in [6, 6.07) is 4.94. The summed E-state index contributed by atoms with van der Waals surface area (Å²) in [5.74, 6) is -0.333. The molecule has 2 nitrogen and oxygen atoms in total.